The number of halogens is 1. The fourth-order valence-corrected chi connectivity index (χ4v) is 1.69. The first-order chi connectivity index (χ1) is 16.0. The van der Waals surface area contributed by atoms with Crippen LogP contribution < -0.4 is 98.3 Å². The molecule has 0 fully saturated rings. The van der Waals surface area contributed by atoms with E-state index < -0.39 is 38.2 Å². The third kappa shape index (κ3) is 52.7. The van der Waals surface area contributed by atoms with Crippen molar-refractivity contribution in [3.8, 4) is 0 Å². The molecule has 38 heavy (non-hydrogen) atoms. The van der Waals surface area contributed by atoms with Crippen LogP contribution in [-0.4, -0.2) is 61.3 Å². The van der Waals surface area contributed by atoms with Crippen molar-refractivity contribution in [3.05, 3.63) is 42.5 Å². The van der Waals surface area contributed by atoms with E-state index in [1.54, 1.807) is 0 Å². The largest absolute Gasteiger partial charge is 1.00 e. The Morgan fingerprint density at radius 3 is 1.61 bits per heavy atom. The summed E-state index contributed by atoms with van der Waals surface area (Å²) in [6, 6.07) is 9.19. The van der Waals surface area contributed by atoms with Crippen molar-refractivity contribution in [2.24, 2.45) is 17.8 Å². The predicted molar refractivity (Wildman–Crippen MR) is 124 cm³/mol. The summed E-state index contributed by atoms with van der Waals surface area (Å²) in [4.78, 5) is 20.6. The van der Waals surface area contributed by atoms with Gasteiger partial charge in [-0.1, -0.05) is 71.9 Å². The van der Waals surface area contributed by atoms with Crippen LogP contribution in [0.3, 0.4) is 0 Å². The van der Waals surface area contributed by atoms with Gasteiger partial charge < -0.3 is 37.3 Å². The first-order valence-electron chi connectivity index (χ1n) is 10.6. The second kappa shape index (κ2) is 35.4. The van der Waals surface area contributed by atoms with Crippen molar-refractivity contribution in [1.82, 2.24) is 5.32 Å². The summed E-state index contributed by atoms with van der Waals surface area (Å²) in [5, 5.41) is 35.3. The molecule has 0 aliphatic carbocycles. The summed E-state index contributed by atoms with van der Waals surface area (Å²) < 4.78 is 34.5. The molecule has 4 N–H and O–H groups in total. The standard InChI is InChI=1S/C13H19NO2.C5H12O2.C4H8O.CN.B.IO4.2Na/c1-10(2)9-14-12(13(15)16)8-11-6-4-3-5-7-11;1-4(2)5(7)3-6;1-4(2)3-5;1-2;;2-1(3,4)5;;/h3-7,10,12,14H,8-9H2,1-2H3,(H,15,16);4-7H,3H2,1-2H3;3-4H,1-2H3;;;;;/q;;;-1;;-1;2*+1. The normalized spacial score (nSPS) is 10.9. The maximum atomic E-state index is 11.1. The number of aliphatic carboxylic acids is 1. The van der Waals surface area contributed by atoms with E-state index in [-0.39, 0.29) is 86.0 Å². The minimum Gasteiger partial charge on any atom is -0.512 e. The van der Waals surface area contributed by atoms with Crippen molar-refractivity contribution in [2.45, 2.75) is 60.1 Å². The molecule has 2 atom stereocenters. The van der Waals surface area contributed by atoms with Gasteiger partial charge in [0.1, 0.15) is 32.4 Å². The van der Waals surface area contributed by atoms with E-state index in [0.717, 1.165) is 18.4 Å². The van der Waals surface area contributed by atoms with Gasteiger partial charge >= 0.3 is 65.1 Å². The summed E-state index contributed by atoms with van der Waals surface area (Å²) in [6.45, 7) is 16.9. The number of nitrogens with one attached hydrogen (secondary N) is 1. The van der Waals surface area contributed by atoms with Crippen molar-refractivity contribution in [3.63, 3.8) is 0 Å². The van der Waals surface area contributed by atoms with Gasteiger partial charge in [-0.05, 0) is 30.4 Å². The quantitative estimate of drug-likeness (QED) is 0.0836. The average Bonchev–Trinajstić information content (AvgIpc) is 2.77. The molecule has 1 aromatic carbocycles. The fourth-order valence-electron chi connectivity index (χ4n) is 1.69. The number of carboxylic acids is 1. The Kier molecular flexibility index (Phi) is 50.7. The summed E-state index contributed by atoms with van der Waals surface area (Å²) >= 11 is -5.94. The molecule has 0 heterocycles. The third-order valence-electron chi connectivity index (χ3n) is 3.58. The van der Waals surface area contributed by atoms with Gasteiger partial charge in [0.15, 0.2) is 0 Å². The zero-order valence-corrected chi connectivity index (χ0v) is 29.8. The van der Waals surface area contributed by atoms with Gasteiger partial charge in [-0.2, -0.15) is 0 Å². The molecule has 0 spiro atoms. The number of benzene rings is 1. The molecule has 1 aromatic rings. The van der Waals surface area contributed by atoms with E-state index >= 15 is 0 Å². The molecule has 0 saturated heterocycles. The van der Waals surface area contributed by atoms with Crippen molar-refractivity contribution in [2.75, 3.05) is 13.2 Å². The Bertz CT molecular complexity index is 649. The molecule has 1 rings (SSSR count). The van der Waals surface area contributed by atoms with E-state index in [1.807, 2.05) is 58.0 Å². The molecule has 0 aliphatic heterocycles. The van der Waals surface area contributed by atoms with E-state index in [2.05, 4.69) is 19.2 Å². The van der Waals surface area contributed by atoms with Gasteiger partial charge in [0.2, 0.25) is 0 Å². The SMILES string of the molecule is CC(C)C(O)CO.CC(C)C=O.CC(C)CNC(Cc1ccccc1)C(=O)O.[B].[C-]#N.[Na+].[Na+].[O-][I+3]([O-])([O-])[O-]. The monoisotopic (exact) mass is 671 g/mol. The molecule has 0 aromatic heterocycles. The van der Waals surface area contributed by atoms with Gasteiger partial charge in [0.25, 0.3) is 0 Å². The van der Waals surface area contributed by atoms with Crippen LogP contribution >= 0.6 is 0 Å². The maximum absolute atomic E-state index is 11.1. The van der Waals surface area contributed by atoms with E-state index in [0.29, 0.717) is 12.3 Å². The van der Waals surface area contributed by atoms with Gasteiger partial charge in [-0.3, -0.25) is 18.5 Å². The van der Waals surface area contributed by atoms with Crippen molar-refractivity contribution >= 4 is 20.7 Å². The number of carboxylic acid groups (broad SMARTS) is 1. The molecule has 0 amide bonds. The summed E-state index contributed by atoms with van der Waals surface area (Å²) in [7, 11) is 0. The Balaban J connectivity index is -0.0000000738. The fraction of sp³-hybridized carbons (Fsp3) is 0.609. The van der Waals surface area contributed by atoms with Crippen LogP contribution in [0.4, 0.5) is 0 Å². The summed E-state index contributed by atoms with van der Waals surface area (Å²) in [5.41, 5.74) is 1.05. The van der Waals surface area contributed by atoms with Crippen LogP contribution in [0.25, 0.3) is 0 Å². The number of carbonyl (C=O) groups excluding carboxylic acids is 1. The zero-order chi connectivity index (χ0) is 28.6. The third-order valence-corrected chi connectivity index (χ3v) is 3.58. The molecular formula is C23H39BIN2Na2O9. The molecule has 0 bridgehead atoms. The predicted octanol–water partition coefficient (Wildman–Crippen LogP) is -11.3. The van der Waals surface area contributed by atoms with E-state index in [4.69, 9.17) is 40.9 Å². The van der Waals surface area contributed by atoms with Crippen LogP contribution in [0.2, 0.25) is 0 Å². The van der Waals surface area contributed by atoms with Gasteiger partial charge in [0, 0.05) is 14.3 Å². The van der Waals surface area contributed by atoms with Crippen molar-refractivity contribution in [1.29, 1.82) is 5.26 Å². The molecule has 0 saturated carbocycles. The Morgan fingerprint density at radius 1 is 1.03 bits per heavy atom. The van der Waals surface area contributed by atoms with Crippen molar-refractivity contribution < 1.29 is 118 Å². The minimum absolute atomic E-state index is 0. The summed E-state index contributed by atoms with van der Waals surface area (Å²) in [6.07, 6.45) is 0.906. The van der Waals surface area contributed by atoms with Crippen LogP contribution in [0.5, 0.6) is 0 Å². The summed E-state index contributed by atoms with van der Waals surface area (Å²) in [5.74, 6) is 0.0436. The molecule has 207 valence electrons. The first-order valence-corrected chi connectivity index (χ1v) is 14.2. The smallest absolute Gasteiger partial charge is 0.512 e. The number of hydrogen-bond donors (Lipinski definition) is 4. The Labute approximate surface area is 279 Å². The molecule has 3 radical (unpaired) electrons. The average molecular weight is 671 g/mol. The van der Waals surface area contributed by atoms with Gasteiger partial charge in [0.05, 0.1) is 12.7 Å². The van der Waals surface area contributed by atoms with Crippen LogP contribution in [0, 0.1) is 29.6 Å². The number of nitrogens with zero attached hydrogens (tertiary/aromatic N) is 1. The number of aliphatic hydroxyl groups is 2. The number of hydrogen-bond acceptors (Lipinski definition) is 10. The second-order valence-electron chi connectivity index (χ2n) is 8.13. The van der Waals surface area contributed by atoms with Crippen LogP contribution in [-0.2, 0) is 16.0 Å². The maximum Gasteiger partial charge on any atom is 1.00 e. The Hall–Kier alpha value is 0.365. The zero-order valence-electron chi connectivity index (χ0n) is 23.7. The van der Waals surface area contributed by atoms with E-state index in [1.165, 1.54) is 0 Å². The van der Waals surface area contributed by atoms with Crippen LogP contribution in [0.1, 0.15) is 47.1 Å². The number of rotatable bonds is 9. The topological polar surface area (TPSA) is 223 Å². The Morgan fingerprint density at radius 2 is 1.39 bits per heavy atom. The second-order valence-corrected chi connectivity index (χ2v) is 10.3. The molecule has 2 unspecified atom stereocenters. The van der Waals surface area contributed by atoms with E-state index in [9.17, 15) is 9.59 Å². The molecule has 11 nitrogen and oxygen atoms in total. The van der Waals surface area contributed by atoms with Gasteiger partial charge in [-0.25, -0.2) is 0 Å². The number of aliphatic hydroxyl groups excluding tert-OH is 2. The van der Waals surface area contributed by atoms with Crippen LogP contribution in [0.15, 0.2) is 30.3 Å². The molecular weight excluding hydrogens is 632 g/mol. The first kappa shape index (κ1) is 54.4. The minimum atomic E-state index is -5.94. The van der Waals surface area contributed by atoms with Gasteiger partial charge in [-0.15, -0.1) is 0 Å². The number of aldehydes is 1. The number of carbonyl (C=O) groups is 2. The molecule has 0 aliphatic rings. The molecule has 15 heteroatoms.